The second-order valence-electron chi connectivity index (χ2n) is 3.85. The molecule has 2 unspecified atom stereocenters. The summed E-state index contributed by atoms with van der Waals surface area (Å²) in [4.78, 5) is 0. The fourth-order valence-electron chi connectivity index (χ4n) is 2.14. The van der Waals surface area contributed by atoms with E-state index in [1.807, 2.05) is 0 Å². The van der Waals surface area contributed by atoms with Crippen LogP contribution in [0.1, 0.15) is 39.0 Å². The molecule has 1 aliphatic rings. The quantitative estimate of drug-likeness (QED) is 0.402. The average Bonchev–Trinajstić information content (AvgIpc) is 2.27. The van der Waals surface area contributed by atoms with Gasteiger partial charge in [-0.2, -0.15) is 0 Å². The SMILES string of the molecule is CCC(OC)C(NN)C1=CCCCC1. The lowest BCUT2D eigenvalue weighted by atomic mass is 9.90. The van der Waals surface area contributed by atoms with Crippen LogP contribution in [0.25, 0.3) is 0 Å². The molecular formula is C11H22N2O. The number of nitrogens with two attached hydrogens (primary N) is 1. The number of ether oxygens (including phenoxy) is 1. The van der Waals surface area contributed by atoms with Crippen LogP contribution in [0.3, 0.4) is 0 Å². The molecule has 3 nitrogen and oxygen atoms in total. The lowest BCUT2D eigenvalue weighted by molar-refractivity contribution is 0.0744. The van der Waals surface area contributed by atoms with Gasteiger partial charge in [0.15, 0.2) is 0 Å². The predicted molar refractivity (Wildman–Crippen MR) is 58.8 cm³/mol. The summed E-state index contributed by atoms with van der Waals surface area (Å²) in [5, 5.41) is 0. The van der Waals surface area contributed by atoms with Crippen LogP contribution in [0, 0.1) is 0 Å². The lowest BCUT2D eigenvalue weighted by Crippen LogP contribution is -2.46. The maximum absolute atomic E-state index is 5.58. The van der Waals surface area contributed by atoms with Crippen molar-refractivity contribution in [1.29, 1.82) is 0 Å². The Morgan fingerprint density at radius 2 is 2.36 bits per heavy atom. The van der Waals surface area contributed by atoms with Gasteiger partial charge in [-0.15, -0.1) is 0 Å². The van der Waals surface area contributed by atoms with Crippen LogP contribution in [-0.2, 0) is 4.74 Å². The van der Waals surface area contributed by atoms with Crippen molar-refractivity contribution in [2.24, 2.45) is 5.84 Å². The van der Waals surface area contributed by atoms with Gasteiger partial charge in [0.25, 0.3) is 0 Å². The monoisotopic (exact) mass is 198 g/mol. The Labute approximate surface area is 86.7 Å². The zero-order valence-corrected chi connectivity index (χ0v) is 9.25. The molecule has 0 bridgehead atoms. The number of hydrogen-bond donors (Lipinski definition) is 2. The van der Waals surface area contributed by atoms with Crippen molar-refractivity contribution in [1.82, 2.24) is 5.43 Å². The predicted octanol–water partition coefficient (Wildman–Crippen LogP) is 1.74. The van der Waals surface area contributed by atoms with Crippen molar-refractivity contribution in [3.8, 4) is 0 Å². The number of methoxy groups -OCH3 is 1. The van der Waals surface area contributed by atoms with E-state index in [1.54, 1.807) is 7.11 Å². The van der Waals surface area contributed by atoms with Crippen LogP contribution in [-0.4, -0.2) is 19.3 Å². The van der Waals surface area contributed by atoms with E-state index in [0.29, 0.717) is 0 Å². The first-order chi connectivity index (χ1) is 6.83. The highest BCUT2D eigenvalue weighted by molar-refractivity contribution is 5.15. The molecule has 1 aliphatic carbocycles. The fraction of sp³-hybridized carbons (Fsp3) is 0.818. The normalized spacial score (nSPS) is 21.5. The Kier molecular flexibility index (Phi) is 5.15. The summed E-state index contributed by atoms with van der Waals surface area (Å²) in [6, 6.07) is 0.199. The van der Waals surface area contributed by atoms with Gasteiger partial charge in [-0.25, -0.2) is 0 Å². The first-order valence-corrected chi connectivity index (χ1v) is 5.51. The molecule has 3 N–H and O–H groups in total. The maximum atomic E-state index is 5.58. The second-order valence-corrected chi connectivity index (χ2v) is 3.85. The molecule has 0 saturated carbocycles. The molecule has 0 aliphatic heterocycles. The van der Waals surface area contributed by atoms with Gasteiger partial charge in [0, 0.05) is 7.11 Å². The summed E-state index contributed by atoms with van der Waals surface area (Å²) < 4.78 is 5.42. The second kappa shape index (κ2) is 6.17. The Hall–Kier alpha value is -0.380. The third-order valence-corrected chi connectivity index (χ3v) is 2.98. The molecule has 0 saturated heterocycles. The smallest absolute Gasteiger partial charge is 0.0773 e. The van der Waals surface area contributed by atoms with Gasteiger partial charge in [-0.3, -0.25) is 11.3 Å². The van der Waals surface area contributed by atoms with E-state index in [0.717, 1.165) is 12.8 Å². The van der Waals surface area contributed by atoms with Crippen molar-refractivity contribution in [2.75, 3.05) is 7.11 Å². The fourth-order valence-corrected chi connectivity index (χ4v) is 2.14. The Morgan fingerprint density at radius 3 is 2.79 bits per heavy atom. The number of hydrogen-bond acceptors (Lipinski definition) is 3. The van der Waals surface area contributed by atoms with Gasteiger partial charge in [0.2, 0.25) is 0 Å². The molecule has 14 heavy (non-hydrogen) atoms. The summed E-state index contributed by atoms with van der Waals surface area (Å²) >= 11 is 0. The molecule has 0 fully saturated rings. The summed E-state index contributed by atoms with van der Waals surface area (Å²) in [5.41, 5.74) is 4.30. The molecule has 3 heteroatoms. The van der Waals surface area contributed by atoms with Gasteiger partial charge in [0.05, 0.1) is 12.1 Å². The van der Waals surface area contributed by atoms with Crippen molar-refractivity contribution in [3.63, 3.8) is 0 Å². The average molecular weight is 198 g/mol. The summed E-state index contributed by atoms with van der Waals surface area (Å²) in [7, 11) is 1.75. The van der Waals surface area contributed by atoms with Crippen LogP contribution in [0.15, 0.2) is 11.6 Å². The van der Waals surface area contributed by atoms with Crippen LogP contribution >= 0.6 is 0 Å². The number of nitrogens with one attached hydrogen (secondary N) is 1. The third kappa shape index (κ3) is 2.80. The molecule has 0 aromatic carbocycles. The van der Waals surface area contributed by atoms with Crippen LogP contribution in [0.5, 0.6) is 0 Å². The number of allylic oxidation sites excluding steroid dienone is 1. The molecule has 82 valence electrons. The van der Waals surface area contributed by atoms with Crippen LogP contribution < -0.4 is 11.3 Å². The topological polar surface area (TPSA) is 47.3 Å². The molecule has 2 atom stereocenters. The highest BCUT2D eigenvalue weighted by Crippen LogP contribution is 2.23. The van der Waals surface area contributed by atoms with E-state index < -0.39 is 0 Å². The summed E-state index contributed by atoms with van der Waals surface area (Å²) in [6.07, 6.45) is 8.44. The summed E-state index contributed by atoms with van der Waals surface area (Å²) in [5.74, 6) is 5.58. The molecule has 0 spiro atoms. The molecular weight excluding hydrogens is 176 g/mol. The van der Waals surface area contributed by atoms with Crippen LogP contribution in [0.2, 0.25) is 0 Å². The van der Waals surface area contributed by atoms with E-state index in [2.05, 4.69) is 18.4 Å². The van der Waals surface area contributed by atoms with Crippen molar-refractivity contribution < 1.29 is 4.74 Å². The first-order valence-electron chi connectivity index (χ1n) is 5.51. The van der Waals surface area contributed by atoms with Gasteiger partial charge >= 0.3 is 0 Å². The molecule has 0 amide bonds. The van der Waals surface area contributed by atoms with Crippen LogP contribution in [0.4, 0.5) is 0 Å². The van der Waals surface area contributed by atoms with E-state index in [4.69, 9.17) is 10.6 Å². The van der Waals surface area contributed by atoms with E-state index in [1.165, 1.54) is 24.8 Å². The third-order valence-electron chi connectivity index (χ3n) is 2.98. The molecule has 0 aromatic rings. The first kappa shape index (κ1) is 11.7. The zero-order chi connectivity index (χ0) is 10.4. The summed E-state index contributed by atoms with van der Waals surface area (Å²) in [6.45, 7) is 2.13. The Morgan fingerprint density at radius 1 is 1.57 bits per heavy atom. The number of hydrazine groups is 1. The minimum absolute atomic E-state index is 0.198. The zero-order valence-electron chi connectivity index (χ0n) is 9.25. The van der Waals surface area contributed by atoms with Crippen molar-refractivity contribution in [2.45, 2.75) is 51.2 Å². The maximum Gasteiger partial charge on any atom is 0.0773 e. The minimum atomic E-state index is 0.198. The van der Waals surface area contributed by atoms with Gasteiger partial charge in [0.1, 0.15) is 0 Å². The highest BCUT2D eigenvalue weighted by atomic mass is 16.5. The van der Waals surface area contributed by atoms with E-state index in [9.17, 15) is 0 Å². The van der Waals surface area contributed by atoms with Crippen molar-refractivity contribution >= 4 is 0 Å². The molecule has 1 rings (SSSR count). The number of rotatable bonds is 5. The van der Waals surface area contributed by atoms with Gasteiger partial charge < -0.3 is 4.74 Å². The lowest BCUT2D eigenvalue weighted by Gasteiger charge is -2.28. The van der Waals surface area contributed by atoms with Gasteiger partial charge in [-0.05, 0) is 32.1 Å². The van der Waals surface area contributed by atoms with E-state index in [-0.39, 0.29) is 12.1 Å². The standard InChI is InChI=1S/C11H22N2O/c1-3-10(14-2)11(13-12)9-7-5-4-6-8-9/h7,10-11,13H,3-6,8,12H2,1-2H3. The molecule has 0 aromatic heterocycles. The van der Waals surface area contributed by atoms with Crippen molar-refractivity contribution in [3.05, 3.63) is 11.6 Å². The highest BCUT2D eigenvalue weighted by Gasteiger charge is 2.22. The molecule has 0 heterocycles. The van der Waals surface area contributed by atoms with E-state index >= 15 is 0 Å². The molecule has 0 radical (unpaired) electrons. The van der Waals surface area contributed by atoms with Gasteiger partial charge in [-0.1, -0.05) is 18.6 Å². The largest absolute Gasteiger partial charge is 0.379 e. The minimum Gasteiger partial charge on any atom is -0.379 e. The Balaban J connectivity index is 2.63. The Bertz CT molecular complexity index is 188.